The van der Waals surface area contributed by atoms with E-state index in [2.05, 4.69) is 15.3 Å². The van der Waals surface area contributed by atoms with Crippen LogP contribution in [-0.2, 0) is 10.0 Å². The quantitative estimate of drug-likeness (QED) is 0.672. The normalized spacial score (nSPS) is 31.6. The molecule has 0 radical (unpaired) electrons. The summed E-state index contributed by atoms with van der Waals surface area (Å²) in [5.41, 5.74) is -1.91. The summed E-state index contributed by atoms with van der Waals surface area (Å²) in [6.07, 6.45) is -1.62. The molecule has 1 unspecified atom stereocenters. The highest BCUT2D eigenvalue weighted by molar-refractivity contribution is 7.88. The molecule has 2 N–H and O–H groups in total. The number of sulfonamides is 1. The molecule has 1 aromatic heterocycles. The summed E-state index contributed by atoms with van der Waals surface area (Å²) < 4.78 is 71.6. The summed E-state index contributed by atoms with van der Waals surface area (Å²) in [6.45, 7) is 1.05. The Balaban J connectivity index is 1.74. The molecule has 2 aliphatic rings. The van der Waals surface area contributed by atoms with Crippen molar-refractivity contribution < 1.29 is 31.4 Å². The lowest BCUT2D eigenvalue weighted by molar-refractivity contribution is -0.162. The lowest BCUT2D eigenvalue weighted by Crippen LogP contribution is -2.51. The van der Waals surface area contributed by atoms with Crippen LogP contribution in [0.2, 0.25) is 0 Å². The maximum atomic E-state index is 14.5. The second-order valence-electron chi connectivity index (χ2n) is 8.24. The molecule has 1 saturated carbocycles. The predicted molar refractivity (Wildman–Crippen MR) is 104 cm³/mol. The van der Waals surface area contributed by atoms with Crippen LogP contribution in [0.5, 0.6) is 5.88 Å². The van der Waals surface area contributed by atoms with Gasteiger partial charge in [0.1, 0.15) is 29.5 Å². The van der Waals surface area contributed by atoms with E-state index in [1.165, 1.54) is 6.92 Å². The SMILES string of the molecule is C[C@@]1(O)CC(F)(F)CC[C@@H]1Oc1nc(NC2CCN(S(C)(=O)=O)C[C@@H]2F)ncc1C#N. The van der Waals surface area contributed by atoms with Crippen molar-refractivity contribution in [3.63, 3.8) is 0 Å². The Morgan fingerprint density at radius 1 is 1.42 bits per heavy atom. The van der Waals surface area contributed by atoms with Gasteiger partial charge in [0, 0.05) is 25.9 Å². The summed E-state index contributed by atoms with van der Waals surface area (Å²) in [4.78, 5) is 8.03. The Kier molecular flexibility index (Phi) is 6.37. The Bertz CT molecular complexity index is 969. The number of nitrogens with one attached hydrogen (secondary N) is 1. The summed E-state index contributed by atoms with van der Waals surface area (Å²) >= 11 is 0. The average molecular weight is 463 g/mol. The van der Waals surface area contributed by atoms with Gasteiger partial charge in [0.25, 0.3) is 5.92 Å². The number of nitriles is 1. The van der Waals surface area contributed by atoms with Crippen LogP contribution in [0.4, 0.5) is 19.1 Å². The van der Waals surface area contributed by atoms with E-state index in [0.29, 0.717) is 0 Å². The molecule has 0 aromatic carbocycles. The highest BCUT2D eigenvalue weighted by atomic mass is 32.2. The zero-order valence-electron chi connectivity index (χ0n) is 17.1. The number of ether oxygens (including phenoxy) is 1. The minimum absolute atomic E-state index is 0.0600. The first kappa shape index (κ1) is 23.5. The molecule has 13 heteroatoms. The van der Waals surface area contributed by atoms with Crippen LogP contribution in [0, 0.1) is 11.3 Å². The van der Waals surface area contributed by atoms with Gasteiger partial charge in [-0.1, -0.05) is 0 Å². The van der Waals surface area contributed by atoms with Crippen LogP contribution < -0.4 is 10.1 Å². The van der Waals surface area contributed by atoms with Crippen molar-refractivity contribution in [1.29, 1.82) is 5.26 Å². The molecule has 172 valence electrons. The van der Waals surface area contributed by atoms with Crippen molar-refractivity contribution in [2.24, 2.45) is 0 Å². The molecular weight excluding hydrogens is 439 g/mol. The van der Waals surface area contributed by atoms with Crippen LogP contribution in [0.1, 0.15) is 38.2 Å². The third-order valence-electron chi connectivity index (χ3n) is 5.50. The summed E-state index contributed by atoms with van der Waals surface area (Å²) in [5.74, 6) is -3.29. The van der Waals surface area contributed by atoms with Crippen molar-refractivity contribution in [2.75, 3.05) is 24.7 Å². The average Bonchev–Trinajstić information content (AvgIpc) is 2.64. The van der Waals surface area contributed by atoms with Crippen molar-refractivity contribution in [1.82, 2.24) is 14.3 Å². The first-order valence-corrected chi connectivity index (χ1v) is 11.6. The molecule has 2 heterocycles. The number of hydrogen-bond acceptors (Lipinski definition) is 8. The van der Waals surface area contributed by atoms with Crippen LogP contribution in [0.3, 0.4) is 0 Å². The maximum absolute atomic E-state index is 14.5. The highest BCUT2D eigenvalue weighted by Gasteiger charge is 2.49. The first-order chi connectivity index (χ1) is 14.3. The monoisotopic (exact) mass is 463 g/mol. The van der Waals surface area contributed by atoms with Crippen molar-refractivity contribution in [2.45, 2.75) is 62.4 Å². The predicted octanol–water partition coefficient (Wildman–Crippen LogP) is 1.45. The Labute approximate surface area is 178 Å². The summed E-state index contributed by atoms with van der Waals surface area (Å²) in [6, 6.07) is 1.07. The van der Waals surface area contributed by atoms with E-state index in [9.17, 15) is 32.0 Å². The van der Waals surface area contributed by atoms with Crippen molar-refractivity contribution >= 4 is 16.0 Å². The minimum atomic E-state index is -3.51. The van der Waals surface area contributed by atoms with Gasteiger partial charge in [0.15, 0.2) is 0 Å². The van der Waals surface area contributed by atoms with E-state index in [0.717, 1.165) is 16.8 Å². The lowest BCUT2D eigenvalue weighted by Gasteiger charge is -2.40. The first-order valence-electron chi connectivity index (χ1n) is 9.70. The fraction of sp³-hybridized carbons (Fsp3) is 0.722. The molecule has 1 aromatic rings. The smallest absolute Gasteiger partial charge is 0.251 e. The van der Waals surface area contributed by atoms with E-state index in [1.54, 1.807) is 0 Å². The fourth-order valence-electron chi connectivity index (χ4n) is 3.81. The molecule has 1 aliphatic heterocycles. The van der Waals surface area contributed by atoms with Gasteiger partial charge < -0.3 is 15.2 Å². The Morgan fingerprint density at radius 3 is 2.71 bits per heavy atom. The van der Waals surface area contributed by atoms with Crippen molar-refractivity contribution in [3.05, 3.63) is 11.8 Å². The molecule has 2 fully saturated rings. The van der Waals surface area contributed by atoms with Gasteiger partial charge in [0.2, 0.25) is 21.9 Å². The zero-order valence-corrected chi connectivity index (χ0v) is 17.9. The second kappa shape index (κ2) is 8.40. The van der Waals surface area contributed by atoms with Crippen LogP contribution >= 0.6 is 0 Å². The topological polar surface area (TPSA) is 128 Å². The summed E-state index contributed by atoms with van der Waals surface area (Å²) in [7, 11) is -3.51. The standard InChI is InChI=1S/C18H24F3N5O4S/c1-17(27)10-18(20,21)5-3-14(17)30-15-11(7-22)8-23-16(25-15)24-13-4-6-26(9-12(13)19)31(2,28)29/h8,12-14,27H,3-6,9-10H2,1-2H3,(H,23,24,25)/t12-,13?,14-,17+/m0/s1. The number of hydrogen-bond donors (Lipinski definition) is 2. The molecular formula is C18H24F3N5O4S. The van der Waals surface area contributed by atoms with E-state index in [4.69, 9.17) is 4.74 Å². The molecule has 4 atom stereocenters. The highest BCUT2D eigenvalue weighted by Crippen LogP contribution is 2.40. The van der Waals surface area contributed by atoms with Gasteiger partial charge in [0.05, 0.1) is 18.5 Å². The van der Waals surface area contributed by atoms with Gasteiger partial charge in [-0.3, -0.25) is 0 Å². The number of halogens is 3. The zero-order chi connectivity index (χ0) is 23.0. The largest absolute Gasteiger partial charge is 0.470 e. The van der Waals surface area contributed by atoms with E-state index in [-0.39, 0.29) is 43.3 Å². The molecule has 31 heavy (non-hydrogen) atoms. The minimum Gasteiger partial charge on any atom is -0.470 e. The van der Waals surface area contributed by atoms with Crippen LogP contribution in [-0.4, -0.2) is 77.0 Å². The Morgan fingerprint density at radius 2 is 2.13 bits per heavy atom. The Hall–Kier alpha value is -2.17. The van der Waals surface area contributed by atoms with E-state index >= 15 is 0 Å². The number of aromatic nitrogens is 2. The summed E-state index contributed by atoms with van der Waals surface area (Å²) in [5, 5.41) is 22.5. The van der Waals surface area contributed by atoms with E-state index in [1.807, 2.05) is 6.07 Å². The molecule has 1 saturated heterocycles. The molecule has 3 rings (SSSR count). The van der Waals surface area contributed by atoms with Gasteiger partial charge in [-0.05, 0) is 19.8 Å². The molecule has 0 spiro atoms. The maximum Gasteiger partial charge on any atom is 0.251 e. The molecule has 0 amide bonds. The fourth-order valence-corrected chi connectivity index (χ4v) is 4.66. The van der Waals surface area contributed by atoms with Gasteiger partial charge in [-0.2, -0.15) is 14.6 Å². The molecule has 9 nitrogen and oxygen atoms in total. The number of piperidine rings is 1. The molecule has 1 aliphatic carbocycles. The number of alkyl halides is 3. The molecule has 0 bridgehead atoms. The van der Waals surface area contributed by atoms with Gasteiger partial charge in [-0.25, -0.2) is 26.6 Å². The van der Waals surface area contributed by atoms with Gasteiger partial charge in [-0.15, -0.1) is 0 Å². The van der Waals surface area contributed by atoms with E-state index < -0.39 is 52.7 Å². The van der Waals surface area contributed by atoms with Gasteiger partial charge >= 0.3 is 0 Å². The number of aliphatic hydroxyl groups is 1. The number of nitrogens with zero attached hydrogens (tertiary/aromatic N) is 4. The number of anilines is 1. The third kappa shape index (κ3) is 5.55. The third-order valence-corrected chi connectivity index (χ3v) is 6.77. The lowest BCUT2D eigenvalue weighted by atomic mass is 9.81. The van der Waals surface area contributed by atoms with Crippen molar-refractivity contribution in [3.8, 4) is 11.9 Å². The van der Waals surface area contributed by atoms with Crippen LogP contribution in [0.25, 0.3) is 0 Å². The van der Waals surface area contributed by atoms with Crippen LogP contribution in [0.15, 0.2) is 6.20 Å². The number of rotatable bonds is 5. The second-order valence-corrected chi connectivity index (χ2v) is 10.2.